The van der Waals surface area contributed by atoms with Gasteiger partial charge in [0.2, 0.25) is 0 Å². The number of aromatic hydroxyl groups is 2. The SMILES string of the molecule is CCCNc1ccc(O)c(O)c1. The van der Waals surface area contributed by atoms with Crippen molar-refractivity contribution in [2.24, 2.45) is 0 Å². The summed E-state index contributed by atoms with van der Waals surface area (Å²) in [4.78, 5) is 0. The van der Waals surface area contributed by atoms with E-state index >= 15 is 0 Å². The van der Waals surface area contributed by atoms with Gasteiger partial charge in [0, 0.05) is 18.3 Å². The maximum atomic E-state index is 9.11. The minimum Gasteiger partial charge on any atom is -0.504 e. The molecule has 0 spiro atoms. The highest BCUT2D eigenvalue weighted by molar-refractivity contribution is 5.53. The standard InChI is InChI=1S/C9H13NO2/c1-2-5-10-7-3-4-8(11)9(12)6-7/h3-4,6,10-12H,2,5H2,1H3. The first kappa shape index (κ1) is 8.71. The number of phenolic OH excluding ortho intramolecular Hbond substituents is 2. The predicted molar refractivity (Wildman–Crippen MR) is 48.6 cm³/mol. The molecule has 0 aliphatic rings. The van der Waals surface area contributed by atoms with Crippen LogP contribution in [0, 0.1) is 0 Å². The molecule has 0 saturated heterocycles. The van der Waals surface area contributed by atoms with E-state index in [-0.39, 0.29) is 11.5 Å². The molecule has 66 valence electrons. The number of phenols is 2. The number of hydrogen-bond donors (Lipinski definition) is 3. The number of benzene rings is 1. The Kier molecular flexibility index (Phi) is 2.80. The summed E-state index contributed by atoms with van der Waals surface area (Å²) in [6.45, 7) is 2.93. The van der Waals surface area contributed by atoms with Gasteiger partial charge in [-0.25, -0.2) is 0 Å². The number of rotatable bonds is 3. The summed E-state index contributed by atoms with van der Waals surface area (Å²) in [5, 5.41) is 21.2. The Morgan fingerprint density at radius 3 is 2.58 bits per heavy atom. The molecule has 0 fully saturated rings. The Hall–Kier alpha value is -1.38. The Morgan fingerprint density at radius 1 is 1.25 bits per heavy atom. The highest BCUT2D eigenvalue weighted by Gasteiger charge is 1.98. The molecule has 3 N–H and O–H groups in total. The lowest BCUT2D eigenvalue weighted by Gasteiger charge is -2.05. The summed E-state index contributed by atoms with van der Waals surface area (Å²) >= 11 is 0. The fourth-order valence-electron chi connectivity index (χ4n) is 0.903. The monoisotopic (exact) mass is 167 g/mol. The molecule has 0 amide bonds. The van der Waals surface area contributed by atoms with Crippen LogP contribution in [0.3, 0.4) is 0 Å². The molecule has 0 aliphatic heterocycles. The molecular weight excluding hydrogens is 154 g/mol. The van der Waals surface area contributed by atoms with Gasteiger partial charge in [0.15, 0.2) is 11.5 Å². The summed E-state index contributed by atoms with van der Waals surface area (Å²) in [5.41, 5.74) is 0.826. The highest BCUT2D eigenvalue weighted by Crippen LogP contribution is 2.27. The first-order valence-corrected chi connectivity index (χ1v) is 4.00. The van der Waals surface area contributed by atoms with Crippen LogP contribution in [0.2, 0.25) is 0 Å². The largest absolute Gasteiger partial charge is 0.504 e. The van der Waals surface area contributed by atoms with Crippen LogP contribution >= 0.6 is 0 Å². The van der Waals surface area contributed by atoms with Crippen LogP contribution in [-0.2, 0) is 0 Å². The molecule has 0 saturated carbocycles. The van der Waals surface area contributed by atoms with Crippen molar-refractivity contribution in [2.45, 2.75) is 13.3 Å². The average Bonchev–Trinajstić information content (AvgIpc) is 2.07. The maximum Gasteiger partial charge on any atom is 0.159 e. The fraction of sp³-hybridized carbons (Fsp3) is 0.333. The molecule has 0 aliphatic carbocycles. The van der Waals surface area contributed by atoms with E-state index in [1.165, 1.54) is 12.1 Å². The highest BCUT2D eigenvalue weighted by atomic mass is 16.3. The zero-order valence-corrected chi connectivity index (χ0v) is 7.04. The van der Waals surface area contributed by atoms with E-state index in [4.69, 9.17) is 10.2 Å². The van der Waals surface area contributed by atoms with E-state index in [9.17, 15) is 0 Å². The second kappa shape index (κ2) is 3.85. The topological polar surface area (TPSA) is 52.5 Å². The van der Waals surface area contributed by atoms with E-state index < -0.39 is 0 Å². The van der Waals surface area contributed by atoms with Crippen LogP contribution in [-0.4, -0.2) is 16.8 Å². The van der Waals surface area contributed by atoms with Crippen LogP contribution in [0.4, 0.5) is 5.69 Å². The summed E-state index contributed by atoms with van der Waals surface area (Å²) in [5.74, 6) is -0.173. The van der Waals surface area contributed by atoms with Crippen LogP contribution < -0.4 is 5.32 Å². The van der Waals surface area contributed by atoms with Crippen molar-refractivity contribution in [2.75, 3.05) is 11.9 Å². The lowest BCUT2D eigenvalue weighted by molar-refractivity contribution is 0.404. The van der Waals surface area contributed by atoms with Crippen LogP contribution in [0.1, 0.15) is 13.3 Å². The quantitative estimate of drug-likeness (QED) is 0.476. The first-order valence-electron chi connectivity index (χ1n) is 4.00. The Balaban J connectivity index is 2.69. The molecule has 0 unspecified atom stereocenters. The summed E-state index contributed by atoms with van der Waals surface area (Å²) in [6, 6.07) is 4.70. The smallest absolute Gasteiger partial charge is 0.159 e. The maximum absolute atomic E-state index is 9.11. The molecule has 0 atom stereocenters. The third-order valence-electron chi connectivity index (χ3n) is 1.55. The molecule has 3 heteroatoms. The Morgan fingerprint density at radius 2 is 2.00 bits per heavy atom. The lowest BCUT2D eigenvalue weighted by Crippen LogP contribution is -1.98. The van der Waals surface area contributed by atoms with E-state index in [0.717, 1.165) is 18.7 Å². The molecule has 1 aromatic rings. The number of anilines is 1. The van der Waals surface area contributed by atoms with Gasteiger partial charge in [-0.15, -0.1) is 0 Å². The third kappa shape index (κ3) is 2.05. The normalized spacial score (nSPS) is 9.75. The molecule has 0 heterocycles. The van der Waals surface area contributed by atoms with Gasteiger partial charge in [-0.2, -0.15) is 0 Å². The van der Waals surface area contributed by atoms with Crippen molar-refractivity contribution in [3.63, 3.8) is 0 Å². The molecule has 12 heavy (non-hydrogen) atoms. The van der Waals surface area contributed by atoms with Crippen molar-refractivity contribution in [3.8, 4) is 11.5 Å². The Labute approximate surface area is 71.7 Å². The minimum atomic E-state index is -0.0869. The lowest BCUT2D eigenvalue weighted by atomic mass is 10.2. The average molecular weight is 167 g/mol. The second-order valence-electron chi connectivity index (χ2n) is 2.63. The number of nitrogens with one attached hydrogen (secondary N) is 1. The summed E-state index contributed by atoms with van der Waals surface area (Å²) in [7, 11) is 0. The van der Waals surface area contributed by atoms with E-state index in [0.29, 0.717) is 0 Å². The predicted octanol–water partition coefficient (Wildman–Crippen LogP) is 1.92. The van der Waals surface area contributed by atoms with Crippen molar-refractivity contribution in [3.05, 3.63) is 18.2 Å². The molecular formula is C9H13NO2. The summed E-state index contributed by atoms with van der Waals surface area (Å²) < 4.78 is 0. The number of hydrogen-bond acceptors (Lipinski definition) is 3. The van der Waals surface area contributed by atoms with Crippen LogP contribution in [0.5, 0.6) is 11.5 Å². The van der Waals surface area contributed by atoms with E-state index in [1.54, 1.807) is 6.07 Å². The molecule has 1 aromatic carbocycles. The second-order valence-corrected chi connectivity index (χ2v) is 2.63. The zero-order valence-electron chi connectivity index (χ0n) is 7.04. The molecule has 0 bridgehead atoms. The fourth-order valence-corrected chi connectivity index (χ4v) is 0.903. The van der Waals surface area contributed by atoms with Crippen LogP contribution in [0.25, 0.3) is 0 Å². The molecule has 1 rings (SSSR count). The first-order chi connectivity index (χ1) is 5.74. The van der Waals surface area contributed by atoms with Gasteiger partial charge < -0.3 is 15.5 Å². The van der Waals surface area contributed by atoms with Crippen molar-refractivity contribution in [1.82, 2.24) is 0 Å². The van der Waals surface area contributed by atoms with Gasteiger partial charge in [0.25, 0.3) is 0 Å². The van der Waals surface area contributed by atoms with Crippen molar-refractivity contribution < 1.29 is 10.2 Å². The van der Waals surface area contributed by atoms with Gasteiger partial charge in [-0.3, -0.25) is 0 Å². The van der Waals surface area contributed by atoms with Crippen molar-refractivity contribution >= 4 is 5.69 Å². The van der Waals surface area contributed by atoms with Gasteiger partial charge in [0.05, 0.1) is 0 Å². The van der Waals surface area contributed by atoms with Gasteiger partial charge in [0.1, 0.15) is 0 Å². The zero-order chi connectivity index (χ0) is 8.97. The van der Waals surface area contributed by atoms with Crippen LogP contribution in [0.15, 0.2) is 18.2 Å². The van der Waals surface area contributed by atoms with Gasteiger partial charge in [-0.1, -0.05) is 6.92 Å². The van der Waals surface area contributed by atoms with E-state index in [2.05, 4.69) is 12.2 Å². The minimum absolute atomic E-state index is 0.0861. The van der Waals surface area contributed by atoms with E-state index in [1.807, 2.05) is 0 Å². The third-order valence-corrected chi connectivity index (χ3v) is 1.55. The van der Waals surface area contributed by atoms with Crippen molar-refractivity contribution in [1.29, 1.82) is 0 Å². The summed E-state index contributed by atoms with van der Waals surface area (Å²) in [6.07, 6.45) is 1.03. The molecule has 3 nitrogen and oxygen atoms in total. The molecule has 0 aromatic heterocycles. The molecule has 0 radical (unpaired) electrons. The Bertz CT molecular complexity index is 261. The van der Waals surface area contributed by atoms with Gasteiger partial charge in [-0.05, 0) is 18.6 Å². The van der Waals surface area contributed by atoms with Gasteiger partial charge >= 0.3 is 0 Å².